The molecule has 1 N–H and O–H groups in total. The molecule has 0 heterocycles. The topological polar surface area (TPSA) is 15.3 Å². The van der Waals surface area contributed by atoms with Crippen LogP contribution in [-0.2, 0) is 0 Å². The first kappa shape index (κ1) is 9.92. The Morgan fingerprint density at radius 3 is 2.30 bits per heavy atom. The van der Waals surface area contributed by atoms with Crippen LogP contribution >= 0.6 is 0 Å². The van der Waals surface area contributed by atoms with Gasteiger partial charge in [0.1, 0.15) is 0 Å². The van der Waals surface area contributed by atoms with Crippen LogP contribution in [0, 0.1) is 6.92 Å². The Morgan fingerprint density at radius 2 is 1.90 bits per heavy atom. The van der Waals surface area contributed by atoms with Crippen molar-refractivity contribution in [1.29, 1.82) is 0 Å². The highest BCUT2D eigenvalue weighted by molar-refractivity contribution is 4.55. The molecule has 0 fully saturated rings. The van der Waals surface area contributed by atoms with Crippen LogP contribution in [0.4, 0.5) is 0 Å². The Kier molecular flexibility index (Phi) is 6.98. The molecule has 0 saturated carbocycles. The van der Waals surface area contributed by atoms with Crippen molar-refractivity contribution in [2.75, 3.05) is 32.7 Å². The molecule has 0 saturated heterocycles. The van der Waals surface area contributed by atoms with E-state index in [0.29, 0.717) is 0 Å². The van der Waals surface area contributed by atoms with Crippen molar-refractivity contribution in [3.8, 4) is 0 Å². The molecule has 0 atom stereocenters. The van der Waals surface area contributed by atoms with Crippen molar-refractivity contribution in [3.63, 3.8) is 0 Å². The van der Waals surface area contributed by atoms with E-state index in [9.17, 15) is 0 Å². The molecule has 0 aromatic rings. The first-order valence-corrected chi connectivity index (χ1v) is 4.07. The van der Waals surface area contributed by atoms with Gasteiger partial charge in [-0.05, 0) is 26.6 Å². The van der Waals surface area contributed by atoms with Gasteiger partial charge in [-0.3, -0.25) is 0 Å². The zero-order valence-electron chi connectivity index (χ0n) is 7.19. The van der Waals surface area contributed by atoms with Crippen LogP contribution in [0.5, 0.6) is 0 Å². The molecule has 0 unspecified atom stereocenters. The summed E-state index contributed by atoms with van der Waals surface area (Å²) in [6.07, 6.45) is 0. The van der Waals surface area contributed by atoms with Crippen LogP contribution in [0.2, 0.25) is 0 Å². The molecule has 0 bridgehead atoms. The SMILES string of the molecule is [CH2]CNCCN(CC)CC. The molecule has 0 aromatic carbocycles. The third-order valence-corrected chi connectivity index (χ3v) is 1.68. The smallest absolute Gasteiger partial charge is 0.0107 e. The average molecular weight is 143 g/mol. The van der Waals surface area contributed by atoms with Crippen molar-refractivity contribution in [1.82, 2.24) is 10.2 Å². The van der Waals surface area contributed by atoms with Crippen molar-refractivity contribution >= 4 is 0 Å². The van der Waals surface area contributed by atoms with Crippen LogP contribution in [0.25, 0.3) is 0 Å². The molecule has 0 rings (SSSR count). The van der Waals surface area contributed by atoms with Gasteiger partial charge in [-0.2, -0.15) is 0 Å². The predicted octanol–water partition coefficient (Wildman–Crippen LogP) is 0.752. The molecule has 0 amide bonds. The largest absolute Gasteiger partial charge is 0.315 e. The minimum atomic E-state index is 0.835. The second-order valence-electron chi connectivity index (χ2n) is 2.28. The van der Waals surface area contributed by atoms with Crippen LogP contribution in [0.15, 0.2) is 0 Å². The molecule has 2 heteroatoms. The van der Waals surface area contributed by atoms with E-state index >= 15 is 0 Å². The van der Waals surface area contributed by atoms with E-state index in [1.54, 1.807) is 0 Å². The third kappa shape index (κ3) is 4.77. The number of nitrogens with zero attached hydrogens (tertiary/aromatic N) is 1. The average Bonchev–Trinajstić information content (AvgIpc) is 1.99. The number of rotatable bonds is 6. The van der Waals surface area contributed by atoms with Gasteiger partial charge in [0, 0.05) is 13.1 Å². The zero-order chi connectivity index (χ0) is 7.82. The Morgan fingerprint density at radius 1 is 1.30 bits per heavy atom. The Bertz CT molecular complexity index is 60.3. The molecular formula is C8H19N2. The number of hydrogen-bond acceptors (Lipinski definition) is 2. The van der Waals surface area contributed by atoms with Gasteiger partial charge >= 0.3 is 0 Å². The van der Waals surface area contributed by atoms with Gasteiger partial charge in [-0.25, -0.2) is 0 Å². The maximum absolute atomic E-state index is 3.70. The number of nitrogens with one attached hydrogen (secondary N) is 1. The molecule has 0 aromatic heterocycles. The van der Waals surface area contributed by atoms with E-state index in [1.165, 1.54) is 0 Å². The fraction of sp³-hybridized carbons (Fsp3) is 0.875. The van der Waals surface area contributed by atoms with Crippen LogP contribution < -0.4 is 5.32 Å². The van der Waals surface area contributed by atoms with E-state index in [0.717, 1.165) is 32.7 Å². The standard InChI is InChI=1S/C8H19N2/c1-4-9-7-8-10(5-2)6-3/h9H,1,4-8H2,2-3H3. The van der Waals surface area contributed by atoms with Gasteiger partial charge < -0.3 is 10.2 Å². The molecule has 0 spiro atoms. The summed E-state index contributed by atoms with van der Waals surface area (Å²) in [6, 6.07) is 0. The first-order chi connectivity index (χ1) is 4.85. The van der Waals surface area contributed by atoms with Crippen molar-refractivity contribution in [2.24, 2.45) is 0 Å². The lowest BCUT2D eigenvalue weighted by Crippen LogP contribution is -2.31. The second-order valence-corrected chi connectivity index (χ2v) is 2.28. The quantitative estimate of drug-likeness (QED) is 0.552. The normalized spacial score (nSPS) is 10.8. The van der Waals surface area contributed by atoms with Crippen molar-refractivity contribution in [3.05, 3.63) is 6.92 Å². The van der Waals surface area contributed by atoms with E-state index in [4.69, 9.17) is 0 Å². The summed E-state index contributed by atoms with van der Waals surface area (Å²) in [5.74, 6) is 0. The van der Waals surface area contributed by atoms with Crippen LogP contribution in [0.1, 0.15) is 13.8 Å². The first-order valence-electron chi connectivity index (χ1n) is 4.07. The maximum Gasteiger partial charge on any atom is 0.0107 e. The summed E-state index contributed by atoms with van der Waals surface area (Å²) < 4.78 is 0. The molecule has 10 heavy (non-hydrogen) atoms. The highest BCUT2D eigenvalue weighted by Crippen LogP contribution is 1.83. The fourth-order valence-corrected chi connectivity index (χ4v) is 0.902. The van der Waals surface area contributed by atoms with Gasteiger partial charge in [0.15, 0.2) is 0 Å². The van der Waals surface area contributed by atoms with E-state index < -0.39 is 0 Å². The molecule has 0 aliphatic carbocycles. The summed E-state index contributed by atoms with van der Waals surface area (Å²) in [5.41, 5.74) is 0. The van der Waals surface area contributed by atoms with E-state index in [2.05, 4.69) is 31.0 Å². The monoisotopic (exact) mass is 143 g/mol. The molecule has 0 aliphatic heterocycles. The Balaban J connectivity index is 3.09. The highest BCUT2D eigenvalue weighted by atomic mass is 15.1. The molecule has 1 radical (unpaired) electrons. The number of likely N-dealkylation sites (N-methyl/N-ethyl adjacent to an activating group) is 1. The minimum absolute atomic E-state index is 0.835. The molecule has 2 nitrogen and oxygen atoms in total. The lowest BCUT2D eigenvalue weighted by Gasteiger charge is -2.17. The summed E-state index contributed by atoms with van der Waals surface area (Å²) in [4.78, 5) is 2.39. The number of hydrogen-bond donors (Lipinski definition) is 1. The summed E-state index contributed by atoms with van der Waals surface area (Å²) in [6.45, 7) is 13.4. The summed E-state index contributed by atoms with van der Waals surface area (Å²) >= 11 is 0. The van der Waals surface area contributed by atoms with Gasteiger partial charge in [0.2, 0.25) is 0 Å². The van der Waals surface area contributed by atoms with E-state index in [1.807, 2.05) is 0 Å². The Hall–Kier alpha value is -0.0800. The van der Waals surface area contributed by atoms with Gasteiger partial charge in [-0.1, -0.05) is 13.8 Å². The van der Waals surface area contributed by atoms with Crippen molar-refractivity contribution < 1.29 is 0 Å². The summed E-state index contributed by atoms with van der Waals surface area (Å²) in [7, 11) is 0. The van der Waals surface area contributed by atoms with Gasteiger partial charge in [-0.15, -0.1) is 0 Å². The lowest BCUT2D eigenvalue weighted by molar-refractivity contribution is 0.304. The second kappa shape index (κ2) is 7.03. The van der Waals surface area contributed by atoms with Crippen LogP contribution in [0.3, 0.4) is 0 Å². The Labute approximate surface area is 64.6 Å². The van der Waals surface area contributed by atoms with Gasteiger partial charge in [0.05, 0.1) is 0 Å². The maximum atomic E-state index is 3.70. The fourth-order valence-electron chi connectivity index (χ4n) is 0.902. The lowest BCUT2D eigenvalue weighted by atomic mass is 10.4. The zero-order valence-corrected chi connectivity index (χ0v) is 7.19. The highest BCUT2D eigenvalue weighted by Gasteiger charge is 1.95. The van der Waals surface area contributed by atoms with Crippen LogP contribution in [-0.4, -0.2) is 37.6 Å². The summed E-state index contributed by atoms with van der Waals surface area (Å²) in [5, 5.41) is 3.19. The molecular weight excluding hydrogens is 124 g/mol. The van der Waals surface area contributed by atoms with Crippen molar-refractivity contribution in [2.45, 2.75) is 13.8 Å². The third-order valence-electron chi connectivity index (χ3n) is 1.68. The molecule has 0 aliphatic rings. The predicted molar refractivity (Wildman–Crippen MR) is 46.0 cm³/mol. The van der Waals surface area contributed by atoms with Gasteiger partial charge in [0.25, 0.3) is 0 Å². The minimum Gasteiger partial charge on any atom is -0.315 e. The molecule has 61 valence electrons. The van der Waals surface area contributed by atoms with E-state index in [-0.39, 0.29) is 0 Å².